The van der Waals surface area contributed by atoms with Gasteiger partial charge >= 0.3 is 0 Å². The van der Waals surface area contributed by atoms with E-state index in [1.54, 1.807) is 0 Å². The van der Waals surface area contributed by atoms with E-state index in [1.807, 2.05) is 0 Å². The van der Waals surface area contributed by atoms with E-state index < -0.39 is 0 Å². The lowest BCUT2D eigenvalue weighted by Crippen LogP contribution is -2.03. The number of Topliss-reactive ketones (excluding diaryl/α,β-unsaturated/α-hetero) is 1. The number of rotatable bonds is 0. The van der Waals surface area contributed by atoms with Crippen molar-refractivity contribution in [2.45, 2.75) is 35.3 Å². The molecular formula is C9H12Br2O. The Kier molecular flexibility index (Phi) is 2.37. The minimum Gasteiger partial charge on any atom is -0.300 e. The van der Waals surface area contributed by atoms with E-state index in [2.05, 4.69) is 31.9 Å². The van der Waals surface area contributed by atoms with E-state index in [9.17, 15) is 4.79 Å². The lowest BCUT2D eigenvalue weighted by Gasteiger charge is -2.04. The third kappa shape index (κ3) is 1.50. The van der Waals surface area contributed by atoms with Crippen LogP contribution in [0.4, 0.5) is 0 Å². The number of carbonyl (C=O) groups excluding carboxylic acids is 1. The van der Waals surface area contributed by atoms with Crippen molar-refractivity contribution in [3.63, 3.8) is 0 Å². The smallest absolute Gasteiger partial charge is 0.133 e. The van der Waals surface area contributed by atoms with Gasteiger partial charge in [0.05, 0.1) is 3.23 Å². The van der Waals surface area contributed by atoms with Crippen LogP contribution in [0.1, 0.15) is 32.1 Å². The van der Waals surface area contributed by atoms with E-state index in [0.717, 1.165) is 19.3 Å². The highest BCUT2D eigenvalue weighted by Crippen LogP contribution is 2.65. The molecule has 2 aliphatic rings. The van der Waals surface area contributed by atoms with Gasteiger partial charge < -0.3 is 0 Å². The van der Waals surface area contributed by atoms with Crippen molar-refractivity contribution < 1.29 is 4.79 Å². The van der Waals surface area contributed by atoms with Gasteiger partial charge in [-0.25, -0.2) is 0 Å². The molecule has 0 N–H and O–H groups in total. The summed E-state index contributed by atoms with van der Waals surface area (Å²) in [5, 5.41) is 0. The normalized spacial score (nSPS) is 39.7. The largest absolute Gasteiger partial charge is 0.300 e. The number of hydrogen-bond donors (Lipinski definition) is 0. The second kappa shape index (κ2) is 3.09. The third-order valence-corrected chi connectivity index (χ3v) is 5.39. The Bertz CT molecular complexity index is 213. The van der Waals surface area contributed by atoms with Crippen LogP contribution in [-0.4, -0.2) is 9.02 Å². The topological polar surface area (TPSA) is 17.1 Å². The highest BCUT2D eigenvalue weighted by atomic mass is 79.9. The standard InChI is InChI=1S/C9H12Br2O/c10-9(11)7-4-2-1-3-6(12)5-8(7)9/h7-8H,1-5H2. The van der Waals surface area contributed by atoms with Crippen LogP contribution in [0.25, 0.3) is 0 Å². The molecule has 0 aromatic carbocycles. The molecule has 0 saturated heterocycles. The molecule has 2 fully saturated rings. The Hall–Kier alpha value is 0.630. The first kappa shape index (κ1) is 9.20. The van der Waals surface area contributed by atoms with E-state index in [4.69, 9.17) is 0 Å². The van der Waals surface area contributed by atoms with Crippen molar-refractivity contribution in [1.82, 2.24) is 0 Å². The second-order valence-electron chi connectivity index (χ2n) is 3.88. The van der Waals surface area contributed by atoms with Gasteiger partial charge in [-0.15, -0.1) is 0 Å². The van der Waals surface area contributed by atoms with Crippen LogP contribution < -0.4 is 0 Å². The first-order valence-electron chi connectivity index (χ1n) is 4.52. The molecule has 0 aliphatic heterocycles. The molecule has 2 unspecified atom stereocenters. The maximum absolute atomic E-state index is 11.3. The molecule has 0 spiro atoms. The number of ketones is 1. The highest BCUT2D eigenvalue weighted by Gasteiger charge is 2.61. The van der Waals surface area contributed by atoms with Crippen LogP contribution >= 0.6 is 31.9 Å². The van der Waals surface area contributed by atoms with Gasteiger partial charge in [-0.05, 0) is 24.7 Å². The predicted octanol–water partition coefficient (Wildman–Crippen LogP) is 3.25. The van der Waals surface area contributed by atoms with Crippen LogP contribution in [0.3, 0.4) is 0 Å². The minimum atomic E-state index is 0.111. The summed E-state index contributed by atoms with van der Waals surface area (Å²) in [7, 11) is 0. The zero-order valence-corrected chi connectivity index (χ0v) is 10.0. The van der Waals surface area contributed by atoms with Gasteiger partial charge in [-0.1, -0.05) is 38.3 Å². The summed E-state index contributed by atoms with van der Waals surface area (Å²) in [4.78, 5) is 11.3. The Balaban J connectivity index is 2.04. The van der Waals surface area contributed by atoms with Crippen molar-refractivity contribution in [3.8, 4) is 0 Å². The van der Waals surface area contributed by atoms with E-state index in [-0.39, 0.29) is 3.23 Å². The van der Waals surface area contributed by atoms with E-state index in [1.165, 1.54) is 12.8 Å². The van der Waals surface area contributed by atoms with Crippen molar-refractivity contribution in [3.05, 3.63) is 0 Å². The lowest BCUT2D eigenvalue weighted by atomic mass is 10.0. The molecular weight excluding hydrogens is 284 g/mol. The van der Waals surface area contributed by atoms with Gasteiger partial charge in [0.1, 0.15) is 5.78 Å². The summed E-state index contributed by atoms with van der Waals surface area (Å²) >= 11 is 7.28. The summed E-state index contributed by atoms with van der Waals surface area (Å²) < 4.78 is 0.111. The van der Waals surface area contributed by atoms with Gasteiger partial charge in [0, 0.05) is 12.8 Å². The molecule has 68 valence electrons. The number of alkyl halides is 2. The quantitative estimate of drug-likeness (QED) is 0.627. The summed E-state index contributed by atoms with van der Waals surface area (Å²) in [6.07, 6.45) is 5.17. The lowest BCUT2D eigenvalue weighted by molar-refractivity contribution is -0.119. The summed E-state index contributed by atoms with van der Waals surface area (Å²) in [6, 6.07) is 0. The zero-order chi connectivity index (χ0) is 8.77. The Morgan fingerprint density at radius 2 is 2.00 bits per heavy atom. The molecule has 2 aliphatic carbocycles. The Morgan fingerprint density at radius 3 is 2.75 bits per heavy atom. The van der Waals surface area contributed by atoms with Crippen LogP contribution in [0.5, 0.6) is 0 Å². The van der Waals surface area contributed by atoms with Gasteiger partial charge in [0.15, 0.2) is 0 Å². The monoisotopic (exact) mass is 294 g/mol. The molecule has 1 nitrogen and oxygen atoms in total. The maximum Gasteiger partial charge on any atom is 0.133 e. The highest BCUT2D eigenvalue weighted by molar-refractivity contribution is 9.25. The predicted molar refractivity (Wildman–Crippen MR) is 55.7 cm³/mol. The number of fused-ring (bicyclic) bond motifs is 1. The molecule has 3 heteroatoms. The van der Waals surface area contributed by atoms with Crippen molar-refractivity contribution in [1.29, 1.82) is 0 Å². The molecule has 0 radical (unpaired) electrons. The molecule has 0 bridgehead atoms. The van der Waals surface area contributed by atoms with Crippen molar-refractivity contribution in [2.24, 2.45) is 11.8 Å². The second-order valence-corrected chi connectivity index (χ2v) is 7.56. The fraction of sp³-hybridized carbons (Fsp3) is 0.889. The summed E-state index contributed by atoms with van der Waals surface area (Å²) in [5.41, 5.74) is 0. The van der Waals surface area contributed by atoms with Crippen LogP contribution in [0.15, 0.2) is 0 Å². The van der Waals surface area contributed by atoms with Crippen LogP contribution in [-0.2, 0) is 4.79 Å². The van der Waals surface area contributed by atoms with E-state index in [0.29, 0.717) is 17.6 Å². The summed E-state index contributed by atoms with van der Waals surface area (Å²) in [5.74, 6) is 1.71. The van der Waals surface area contributed by atoms with Crippen LogP contribution in [0, 0.1) is 11.8 Å². The first-order chi connectivity index (χ1) is 5.62. The molecule has 12 heavy (non-hydrogen) atoms. The number of carbonyl (C=O) groups is 1. The Labute approximate surface area is 89.5 Å². The van der Waals surface area contributed by atoms with Gasteiger partial charge in [-0.3, -0.25) is 4.79 Å². The average Bonchev–Trinajstić information content (AvgIpc) is 2.41. The molecule has 0 amide bonds. The van der Waals surface area contributed by atoms with E-state index >= 15 is 0 Å². The van der Waals surface area contributed by atoms with Gasteiger partial charge in [0.25, 0.3) is 0 Å². The molecule has 0 aromatic heterocycles. The SMILES string of the molecule is O=C1CCCCC2C(C1)C2(Br)Br. The Morgan fingerprint density at radius 1 is 1.25 bits per heavy atom. The number of hydrogen-bond acceptors (Lipinski definition) is 1. The van der Waals surface area contributed by atoms with Crippen molar-refractivity contribution >= 4 is 37.6 Å². The molecule has 0 aromatic rings. The fourth-order valence-corrected chi connectivity index (χ4v) is 3.96. The molecule has 0 heterocycles. The molecule has 2 rings (SSSR count). The minimum absolute atomic E-state index is 0.111. The van der Waals surface area contributed by atoms with Gasteiger partial charge in [-0.2, -0.15) is 0 Å². The average molecular weight is 296 g/mol. The third-order valence-electron chi connectivity index (χ3n) is 3.03. The number of halogens is 2. The van der Waals surface area contributed by atoms with Gasteiger partial charge in [0.2, 0.25) is 0 Å². The summed E-state index contributed by atoms with van der Waals surface area (Å²) in [6.45, 7) is 0. The fourth-order valence-electron chi connectivity index (χ4n) is 2.17. The van der Waals surface area contributed by atoms with Crippen LogP contribution in [0.2, 0.25) is 0 Å². The zero-order valence-electron chi connectivity index (χ0n) is 6.85. The van der Waals surface area contributed by atoms with Crippen molar-refractivity contribution in [2.75, 3.05) is 0 Å². The first-order valence-corrected chi connectivity index (χ1v) is 6.10. The maximum atomic E-state index is 11.3. The molecule has 2 saturated carbocycles. The molecule has 2 atom stereocenters.